The Morgan fingerprint density at radius 2 is 1.83 bits per heavy atom. The first-order valence-electron chi connectivity index (χ1n) is 8.31. The van der Waals surface area contributed by atoms with Crippen LogP contribution in [0.3, 0.4) is 0 Å². The van der Waals surface area contributed by atoms with E-state index in [1.165, 1.54) is 70.9 Å². The molecular weight excluding hydrogens is 220 g/mol. The van der Waals surface area contributed by atoms with E-state index in [9.17, 15) is 0 Å². The van der Waals surface area contributed by atoms with Gasteiger partial charge in [-0.1, -0.05) is 12.8 Å². The van der Waals surface area contributed by atoms with E-state index in [1.807, 2.05) is 0 Å². The van der Waals surface area contributed by atoms with Crippen molar-refractivity contribution in [2.45, 2.75) is 63.8 Å². The van der Waals surface area contributed by atoms with Gasteiger partial charge >= 0.3 is 0 Å². The molecule has 0 radical (unpaired) electrons. The summed E-state index contributed by atoms with van der Waals surface area (Å²) in [6, 6.07) is 0.921. The predicted octanol–water partition coefficient (Wildman–Crippen LogP) is 3.02. The molecule has 0 aromatic carbocycles. The lowest BCUT2D eigenvalue weighted by Gasteiger charge is -2.42. The molecule has 3 atom stereocenters. The Kier molecular flexibility index (Phi) is 4.25. The second-order valence-electron chi connectivity index (χ2n) is 7.00. The molecule has 0 aromatic heterocycles. The van der Waals surface area contributed by atoms with Crippen LogP contribution in [0.5, 0.6) is 0 Å². The maximum atomic E-state index is 5.73. The minimum absolute atomic E-state index is 0.883. The molecule has 2 heteroatoms. The summed E-state index contributed by atoms with van der Waals surface area (Å²) in [6.07, 6.45) is 13.2. The number of rotatable bonds is 4. The van der Waals surface area contributed by atoms with E-state index in [2.05, 4.69) is 4.90 Å². The number of likely N-dealkylation sites (tertiary alicyclic amines) is 1. The van der Waals surface area contributed by atoms with Crippen LogP contribution in [0, 0.1) is 17.8 Å². The van der Waals surface area contributed by atoms with Gasteiger partial charge in [-0.2, -0.15) is 0 Å². The lowest BCUT2D eigenvalue weighted by Crippen LogP contribution is -2.45. The minimum atomic E-state index is 0.883. The van der Waals surface area contributed by atoms with Crippen molar-refractivity contribution in [2.75, 3.05) is 19.6 Å². The SMILES string of the molecule is NCCC1CCCN(C2CCCC(C3CC3)C2)C1. The summed E-state index contributed by atoms with van der Waals surface area (Å²) in [5, 5.41) is 0. The number of hydrogen-bond acceptors (Lipinski definition) is 2. The van der Waals surface area contributed by atoms with Crippen LogP contribution in [0.1, 0.15) is 57.8 Å². The van der Waals surface area contributed by atoms with Gasteiger partial charge in [0.15, 0.2) is 0 Å². The lowest BCUT2D eigenvalue weighted by atomic mass is 9.81. The molecule has 1 saturated heterocycles. The van der Waals surface area contributed by atoms with Crippen LogP contribution < -0.4 is 5.73 Å². The first kappa shape index (κ1) is 12.9. The fourth-order valence-corrected chi connectivity index (χ4v) is 4.43. The largest absolute Gasteiger partial charge is 0.330 e. The van der Waals surface area contributed by atoms with Crippen LogP contribution in [0.2, 0.25) is 0 Å². The van der Waals surface area contributed by atoms with Gasteiger partial charge in [0.25, 0.3) is 0 Å². The second-order valence-corrected chi connectivity index (χ2v) is 7.00. The van der Waals surface area contributed by atoms with Gasteiger partial charge in [0.05, 0.1) is 0 Å². The lowest BCUT2D eigenvalue weighted by molar-refractivity contribution is 0.0764. The van der Waals surface area contributed by atoms with Gasteiger partial charge in [-0.25, -0.2) is 0 Å². The molecular formula is C16H30N2. The highest BCUT2D eigenvalue weighted by Gasteiger charge is 2.37. The van der Waals surface area contributed by atoms with Crippen molar-refractivity contribution in [2.24, 2.45) is 23.5 Å². The number of hydrogen-bond donors (Lipinski definition) is 1. The quantitative estimate of drug-likeness (QED) is 0.831. The van der Waals surface area contributed by atoms with Crippen molar-refractivity contribution in [1.29, 1.82) is 0 Å². The standard InChI is InChI=1S/C16H30N2/c17-9-8-13-3-2-10-18(12-13)16-5-1-4-15(11-16)14-6-7-14/h13-16H,1-12,17H2. The molecule has 2 saturated carbocycles. The van der Waals surface area contributed by atoms with Crippen LogP contribution in [-0.4, -0.2) is 30.6 Å². The van der Waals surface area contributed by atoms with Crippen LogP contribution in [0.15, 0.2) is 0 Å². The van der Waals surface area contributed by atoms with Gasteiger partial charge < -0.3 is 10.6 Å². The molecule has 2 aliphatic carbocycles. The van der Waals surface area contributed by atoms with Gasteiger partial charge in [-0.05, 0) is 75.8 Å². The van der Waals surface area contributed by atoms with E-state index in [0.717, 1.165) is 30.3 Å². The topological polar surface area (TPSA) is 29.3 Å². The van der Waals surface area contributed by atoms with Gasteiger partial charge in [0.1, 0.15) is 0 Å². The smallest absolute Gasteiger partial charge is 0.00981 e. The molecule has 0 spiro atoms. The van der Waals surface area contributed by atoms with Gasteiger partial charge in [-0.3, -0.25) is 0 Å². The summed E-state index contributed by atoms with van der Waals surface area (Å²) < 4.78 is 0. The monoisotopic (exact) mass is 250 g/mol. The van der Waals surface area contributed by atoms with E-state index < -0.39 is 0 Å². The Morgan fingerprint density at radius 1 is 0.944 bits per heavy atom. The van der Waals surface area contributed by atoms with Crippen LogP contribution >= 0.6 is 0 Å². The summed E-state index contributed by atoms with van der Waals surface area (Å²) in [7, 11) is 0. The minimum Gasteiger partial charge on any atom is -0.330 e. The molecule has 0 aromatic rings. The Labute approximate surface area is 112 Å². The maximum Gasteiger partial charge on any atom is 0.00981 e. The second kappa shape index (κ2) is 5.92. The molecule has 1 heterocycles. The average molecular weight is 250 g/mol. The van der Waals surface area contributed by atoms with Gasteiger partial charge in [-0.15, -0.1) is 0 Å². The van der Waals surface area contributed by atoms with Crippen molar-refractivity contribution >= 4 is 0 Å². The van der Waals surface area contributed by atoms with Crippen LogP contribution in [-0.2, 0) is 0 Å². The van der Waals surface area contributed by atoms with Crippen LogP contribution in [0.25, 0.3) is 0 Å². The van der Waals surface area contributed by atoms with Gasteiger partial charge in [0.2, 0.25) is 0 Å². The molecule has 3 rings (SSSR count). The molecule has 2 nitrogen and oxygen atoms in total. The van der Waals surface area contributed by atoms with E-state index in [4.69, 9.17) is 5.73 Å². The molecule has 104 valence electrons. The van der Waals surface area contributed by atoms with Crippen molar-refractivity contribution in [3.63, 3.8) is 0 Å². The average Bonchev–Trinajstić information content (AvgIpc) is 3.24. The molecule has 3 unspecified atom stereocenters. The van der Waals surface area contributed by atoms with Crippen molar-refractivity contribution in [3.8, 4) is 0 Å². The Bertz CT molecular complexity index is 260. The summed E-state index contributed by atoms with van der Waals surface area (Å²) in [5.41, 5.74) is 5.73. The third-order valence-corrected chi connectivity index (χ3v) is 5.62. The highest BCUT2D eigenvalue weighted by atomic mass is 15.2. The van der Waals surface area contributed by atoms with Crippen molar-refractivity contribution < 1.29 is 0 Å². The molecule has 1 aliphatic heterocycles. The molecule has 2 N–H and O–H groups in total. The number of nitrogens with zero attached hydrogens (tertiary/aromatic N) is 1. The van der Waals surface area contributed by atoms with E-state index in [1.54, 1.807) is 0 Å². The predicted molar refractivity (Wildman–Crippen MR) is 76.4 cm³/mol. The van der Waals surface area contributed by atoms with Gasteiger partial charge in [0, 0.05) is 12.6 Å². The maximum absolute atomic E-state index is 5.73. The molecule has 18 heavy (non-hydrogen) atoms. The van der Waals surface area contributed by atoms with E-state index in [0.29, 0.717) is 0 Å². The van der Waals surface area contributed by atoms with Crippen molar-refractivity contribution in [3.05, 3.63) is 0 Å². The fourth-order valence-electron chi connectivity index (χ4n) is 4.43. The normalized spacial score (nSPS) is 38.8. The molecule has 3 fully saturated rings. The first-order chi connectivity index (χ1) is 8.86. The zero-order valence-corrected chi connectivity index (χ0v) is 11.8. The zero-order chi connectivity index (χ0) is 12.4. The molecule has 3 aliphatic rings. The first-order valence-corrected chi connectivity index (χ1v) is 8.31. The fraction of sp³-hybridized carbons (Fsp3) is 1.00. The summed E-state index contributed by atoms with van der Waals surface area (Å²) >= 11 is 0. The summed E-state index contributed by atoms with van der Waals surface area (Å²) in [5.74, 6) is 3.10. The summed E-state index contributed by atoms with van der Waals surface area (Å²) in [6.45, 7) is 3.59. The Morgan fingerprint density at radius 3 is 2.61 bits per heavy atom. The Balaban J connectivity index is 1.52. The number of piperidine rings is 1. The Hall–Kier alpha value is -0.0800. The summed E-state index contributed by atoms with van der Waals surface area (Å²) in [4.78, 5) is 2.83. The number of nitrogens with two attached hydrogens (primary N) is 1. The molecule has 0 amide bonds. The third-order valence-electron chi connectivity index (χ3n) is 5.62. The van der Waals surface area contributed by atoms with Crippen LogP contribution in [0.4, 0.5) is 0 Å². The van der Waals surface area contributed by atoms with Crippen molar-refractivity contribution in [1.82, 2.24) is 4.90 Å². The highest BCUT2D eigenvalue weighted by molar-refractivity contribution is 4.90. The molecule has 0 bridgehead atoms. The highest BCUT2D eigenvalue weighted by Crippen LogP contribution is 2.45. The zero-order valence-electron chi connectivity index (χ0n) is 11.8. The third kappa shape index (κ3) is 3.08. The van der Waals surface area contributed by atoms with E-state index >= 15 is 0 Å². The van der Waals surface area contributed by atoms with E-state index in [-0.39, 0.29) is 0 Å².